The maximum atomic E-state index is 12.9. The average molecular weight is 312 g/mol. The highest BCUT2D eigenvalue weighted by Crippen LogP contribution is 2.23. The molecule has 0 unspecified atom stereocenters. The summed E-state index contributed by atoms with van der Waals surface area (Å²) in [5.74, 6) is 2.67. The second-order valence-electron chi connectivity index (χ2n) is 5.85. The Morgan fingerprint density at radius 1 is 1.35 bits per heavy atom. The lowest BCUT2D eigenvalue weighted by atomic mass is 10.1. The van der Waals surface area contributed by atoms with Gasteiger partial charge in [-0.05, 0) is 19.9 Å². The molecular formula is C17H20N4O2. The van der Waals surface area contributed by atoms with E-state index in [0.29, 0.717) is 30.1 Å². The second-order valence-corrected chi connectivity index (χ2v) is 5.85. The predicted molar refractivity (Wildman–Crippen MR) is 87.1 cm³/mol. The highest BCUT2D eigenvalue weighted by atomic mass is 16.5. The van der Waals surface area contributed by atoms with Gasteiger partial charge in [0.1, 0.15) is 0 Å². The van der Waals surface area contributed by atoms with Gasteiger partial charge in [-0.1, -0.05) is 5.16 Å². The summed E-state index contributed by atoms with van der Waals surface area (Å²) in [4.78, 5) is 21.4. The summed E-state index contributed by atoms with van der Waals surface area (Å²) in [6, 6.07) is 1.82. The maximum absolute atomic E-state index is 12.9. The van der Waals surface area contributed by atoms with Crippen molar-refractivity contribution in [2.45, 2.75) is 20.3 Å². The van der Waals surface area contributed by atoms with Crippen LogP contribution in [0, 0.1) is 26.2 Å². The van der Waals surface area contributed by atoms with Crippen molar-refractivity contribution in [2.75, 3.05) is 32.7 Å². The molecule has 0 radical (unpaired) electrons. The van der Waals surface area contributed by atoms with Crippen LogP contribution in [0.25, 0.3) is 11.1 Å². The molecule has 0 aliphatic carbocycles. The molecule has 1 aliphatic rings. The van der Waals surface area contributed by atoms with Crippen LogP contribution in [-0.4, -0.2) is 58.6 Å². The molecule has 0 spiro atoms. The monoisotopic (exact) mass is 312 g/mol. The van der Waals surface area contributed by atoms with Crippen molar-refractivity contribution in [2.24, 2.45) is 0 Å². The van der Waals surface area contributed by atoms with Crippen molar-refractivity contribution >= 4 is 17.0 Å². The van der Waals surface area contributed by atoms with Crippen molar-refractivity contribution < 1.29 is 9.32 Å². The van der Waals surface area contributed by atoms with Gasteiger partial charge in [-0.15, -0.1) is 12.3 Å². The zero-order chi connectivity index (χ0) is 16.4. The summed E-state index contributed by atoms with van der Waals surface area (Å²) < 4.78 is 5.21. The summed E-state index contributed by atoms with van der Waals surface area (Å²) in [5, 5.41) is 4.65. The van der Waals surface area contributed by atoms with Gasteiger partial charge < -0.3 is 9.42 Å². The number of amides is 1. The third-order valence-electron chi connectivity index (χ3n) is 4.21. The van der Waals surface area contributed by atoms with E-state index in [-0.39, 0.29) is 5.91 Å². The van der Waals surface area contributed by atoms with E-state index >= 15 is 0 Å². The molecule has 0 saturated carbocycles. The molecule has 1 amide bonds. The van der Waals surface area contributed by atoms with Gasteiger partial charge in [0.05, 0.1) is 16.6 Å². The molecule has 6 heteroatoms. The summed E-state index contributed by atoms with van der Waals surface area (Å²) >= 11 is 0. The summed E-state index contributed by atoms with van der Waals surface area (Å²) in [6.07, 6.45) is 6.05. The van der Waals surface area contributed by atoms with E-state index in [1.165, 1.54) is 0 Å². The van der Waals surface area contributed by atoms with Crippen LogP contribution in [0.1, 0.15) is 28.2 Å². The van der Waals surface area contributed by atoms with E-state index in [0.717, 1.165) is 37.1 Å². The smallest absolute Gasteiger partial charge is 0.258 e. The number of carbonyl (C=O) groups excluding carboxylic acids is 1. The van der Waals surface area contributed by atoms with Gasteiger partial charge in [0.25, 0.3) is 11.6 Å². The number of nitrogens with zero attached hydrogens (tertiary/aromatic N) is 4. The number of hydrogen-bond acceptors (Lipinski definition) is 5. The number of hydrogen-bond donors (Lipinski definition) is 0. The van der Waals surface area contributed by atoms with Crippen LogP contribution in [0.15, 0.2) is 10.6 Å². The molecule has 2 aromatic rings. The SMILES string of the molecule is C#CCCN1CCN(C(=O)c2cc(C)nc3onc(C)c23)CC1. The van der Waals surface area contributed by atoms with E-state index < -0.39 is 0 Å². The highest BCUT2D eigenvalue weighted by Gasteiger charge is 2.25. The predicted octanol–water partition coefficient (Wildman–Crippen LogP) is 1.62. The number of pyridine rings is 1. The van der Waals surface area contributed by atoms with E-state index in [9.17, 15) is 4.79 Å². The molecule has 1 saturated heterocycles. The van der Waals surface area contributed by atoms with Crippen LogP contribution in [0.5, 0.6) is 0 Å². The van der Waals surface area contributed by atoms with Crippen LogP contribution in [0.3, 0.4) is 0 Å². The Morgan fingerprint density at radius 2 is 2.09 bits per heavy atom. The number of rotatable bonds is 3. The number of fused-ring (bicyclic) bond motifs is 1. The van der Waals surface area contributed by atoms with Crippen LogP contribution < -0.4 is 0 Å². The molecule has 0 atom stereocenters. The first-order chi connectivity index (χ1) is 11.1. The molecule has 2 aromatic heterocycles. The van der Waals surface area contributed by atoms with Gasteiger partial charge in [0.2, 0.25) is 0 Å². The molecule has 1 aliphatic heterocycles. The molecular weight excluding hydrogens is 292 g/mol. The first-order valence-electron chi connectivity index (χ1n) is 7.79. The van der Waals surface area contributed by atoms with Crippen LogP contribution in [-0.2, 0) is 0 Å². The Balaban J connectivity index is 1.80. The minimum atomic E-state index is 0.0170. The Labute approximate surface area is 135 Å². The number of aromatic nitrogens is 2. The Hall–Kier alpha value is -2.39. The molecule has 0 bridgehead atoms. The lowest BCUT2D eigenvalue weighted by Gasteiger charge is -2.34. The third-order valence-corrected chi connectivity index (χ3v) is 4.21. The molecule has 0 aromatic carbocycles. The first-order valence-corrected chi connectivity index (χ1v) is 7.79. The van der Waals surface area contributed by atoms with E-state index in [1.807, 2.05) is 24.8 Å². The van der Waals surface area contributed by atoms with Gasteiger partial charge in [-0.25, -0.2) is 4.98 Å². The zero-order valence-electron chi connectivity index (χ0n) is 13.5. The van der Waals surface area contributed by atoms with Gasteiger partial charge in [-0.2, -0.15) is 0 Å². The fourth-order valence-electron chi connectivity index (χ4n) is 2.95. The third kappa shape index (κ3) is 3.06. The normalized spacial score (nSPS) is 15.8. The fourth-order valence-corrected chi connectivity index (χ4v) is 2.95. The van der Waals surface area contributed by atoms with Gasteiger partial charge in [-0.3, -0.25) is 9.69 Å². The summed E-state index contributed by atoms with van der Waals surface area (Å²) in [6.45, 7) is 7.69. The molecule has 120 valence electrons. The van der Waals surface area contributed by atoms with Crippen molar-refractivity contribution in [3.63, 3.8) is 0 Å². The van der Waals surface area contributed by atoms with Crippen molar-refractivity contribution in [3.05, 3.63) is 23.0 Å². The van der Waals surface area contributed by atoms with E-state index in [4.69, 9.17) is 10.9 Å². The molecule has 3 rings (SSSR count). The number of aryl methyl sites for hydroxylation is 2. The number of carbonyl (C=O) groups is 1. The first kappa shape index (κ1) is 15.5. The second kappa shape index (κ2) is 6.39. The highest BCUT2D eigenvalue weighted by molar-refractivity contribution is 6.06. The van der Waals surface area contributed by atoms with Gasteiger partial charge in [0.15, 0.2) is 0 Å². The van der Waals surface area contributed by atoms with Crippen LogP contribution in [0.4, 0.5) is 0 Å². The van der Waals surface area contributed by atoms with Crippen molar-refractivity contribution in [3.8, 4) is 12.3 Å². The summed E-state index contributed by atoms with van der Waals surface area (Å²) in [7, 11) is 0. The number of piperazine rings is 1. The minimum Gasteiger partial charge on any atom is -0.336 e. The van der Waals surface area contributed by atoms with Crippen molar-refractivity contribution in [1.82, 2.24) is 19.9 Å². The molecule has 1 fully saturated rings. The van der Waals surface area contributed by atoms with Crippen LogP contribution >= 0.6 is 0 Å². The maximum Gasteiger partial charge on any atom is 0.258 e. The minimum absolute atomic E-state index is 0.0170. The topological polar surface area (TPSA) is 62.5 Å². The van der Waals surface area contributed by atoms with Gasteiger partial charge >= 0.3 is 0 Å². The van der Waals surface area contributed by atoms with Crippen molar-refractivity contribution in [1.29, 1.82) is 0 Å². The van der Waals surface area contributed by atoms with E-state index in [2.05, 4.69) is 21.0 Å². The molecule has 0 N–H and O–H groups in total. The number of terminal acetylenes is 1. The standard InChI is InChI=1S/C17H20N4O2/c1-4-5-6-20-7-9-21(10-8-20)17(22)14-11-12(2)18-16-15(14)13(3)19-23-16/h1,11H,5-10H2,2-3H3. The lowest BCUT2D eigenvalue weighted by molar-refractivity contribution is 0.0641. The lowest BCUT2D eigenvalue weighted by Crippen LogP contribution is -2.48. The van der Waals surface area contributed by atoms with Gasteiger partial charge in [0, 0.05) is 44.8 Å². The largest absolute Gasteiger partial charge is 0.336 e. The Kier molecular flexibility index (Phi) is 4.30. The summed E-state index contributed by atoms with van der Waals surface area (Å²) in [5.41, 5.74) is 2.51. The molecule has 3 heterocycles. The Bertz CT molecular complexity index is 767. The average Bonchev–Trinajstić information content (AvgIpc) is 2.93. The van der Waals surface area contributed by atoms with Crippen LogP contribution in [0.2, 0.25) is 0 Å². The molecule has 6 nitrogen and oxygen atoms in total. The quantitative estimate of drug-likeness (QED) is 0.806. The zero-order valence-corrected chi connectivity index (χ0v) is 13.5. The molecule has 23 heavy (non-hydrogen) atoms. The van der Waals surface area contributed by atoms with E-state index in [1.54, 1.807) is 0 Å². The fraction of sp³-hybridized carbons (Fsp3) is 0.471. The Morgan fingerprint density at radius 3 is 2.78 bits per heavy atom.